The maximum absolute atomic E-state index is 6.40. The molecule has 0 aromatic heterocycles. The summed E-state index contributed by atoms with van der Waals surface area (Å²) in [4.78, 5) is 0. The molecule has 0 amide bonds. The number of hydrogen-bond donors (Lipinski definition) is 4. The first kappa shape index (κ1) is 44.5. The minimum atomic E-state index is -0.675. The van der Waals surface area contributed by atoms with Crippen molar-refractivity contribution >= 4 is 50.5 Å². The van der Waals surface area contributed by atoms with Gasteiger partial charge in [0.1, 0.15) is 18.3 Å². The molecule has 0 rings (SSSR count). The van der Waals surface area contributed by atoms with Crippen molar-refractivity contribution in [3.8, 4) is 0 Å². The van der Waals surface area contributed by atoms with Gasteiger partial charge in [0.25, 0.3) is 0 Å². The van der Waals surface area contributed by atoms with Crippen LogP contribution in [0, 0.1) is 0 Å². The molecule has 0 aromatic rings. The topological polar surface area (TPSA) is 102 Å². The highest BCUT2D eigenvalue weighted by molar-refractivity contribution is 7.80. The summed E-state index contributed by atoms with van der Waals surface area (Å²) in [6.07, 6.45) is -0.152. The molecule has 15 heteroatoms. The zero-order valence-electron chi connectivity index (χ0n) is 26.4. The summed E-state index contributed by atoms with van der Waals surface area (Å²) < 4.78 is 64.8. The lowest BCUT2D eigenvalue weighted by Crippen LogP contribution is -2.52. The van der Waals surface area contributed by atoms with Crippen molar-refractivity contribution in [1.82, 2.24) is 0 Å². The minimum Gasteiger partial charge on any atom is -0.493 e. The van der Waals surface area contributed by atoms with Gasteiger partial charge in [0.15, 0.2) is 6.10 Å². The van der Waals surface area contributed by atoms with Crippen LogP contribution >= 0.6 is 50.5 Å². The van der Waals surface area contributed by atoms with E-state index in [1.807, 2.05) is 0 Å². The Kier molecular flexibility index (Phi) is 36.8. The van der Waals surface area contributed by atoms with Gasteiger partial charge in [0.2, 0.25) is 0 Å². The summed E-state index contributed by atoms with van der Waals surface area (Å²) in [5.74, 6) is 2.50. The van der Waals surface area contributed by atoms with Crippen molar-refractivity contribution in [2.75, 3.05) is 135 Å². The Hall–Kier alpha value is 0.540. The molecule has 11 nitrogen and oxygen atoms in total. The molecule has 0 aliphatic rings. The van der Waals surface area contributed by atoms with Gasteiger partial charge in [-0.15, -0.1) is 0 Å². The van der Waals surface area contributed by atoms with Crippen LogP contribution in [-0.4, -0.2) is 160 Å². The van der Waals surface area contributed by atoms with E-state index in [1.54, 1.807) is 0 Å². The first-order valence-corrected chi connectivity index (χ1v) is 17.8. The summed E-state index contributed by atoms with van der Waals surface area (Å²) in [5.41, 5.74) is 0. The summed E-state index contributed by atoms with van der Waals surface area (Å²) in [5, 5.41) is 0. The van der Waals surface area contributed by atoms with E-state index in [2.05, 4.69) is 64.0 Å². The van der Waals surface area contributed by atoms with Crippen molar-refractivity contribution in [2.45, 2.75) is 37.8 Å². The van der Waals surface area contributed by atoms with Gasteiger partial charge in [0, 0.05) is 29.6 Å². The molecule has 0 spiro atoms. The third-order valence-corrected chi connectivity index (χ3v) is 6.30. The van der Waals surface area contributed by atoms with Crippen LogP contribution in [0.2, 0.25) is 0 Å². The van der Waals surface area contributed by atoms with Gasteiger partial charge in [-0.05, 0) is 6.42 Å². The first-order chi connectivity index (χ1) is 21.7. The van der Waals surface area contributed by atoms with E-state index in [0.717, 1.165) is 6.42 Å². The summed E-state index contributed by atoms with van der Waals surface area (Å²) >= 11 is 16.8. The average molecular weight is 711 g/mol. The Morgan fingerprint density at radius 1 is 0.455 bits per heavy atom. The number of hydrogen-bond acceptors (Lipinski definition) is 15. The van der Waals surface area contributed by atoms with Crippen LogP contribution in [0.1, 0.15) is 13.3 Å². The molecule has 264 valence electrons. The Balaban J connectivity index is 5.88. The third kappa shape index (κ3) is 26.6. The fraction of sp³-hybridized carbons (Fsp3) is 0.931. The van der Waals surface area contributed by atoms with E-state index in [-0.39, 0.29) is 19.8 Å². The first-order valence-electron chi connectivity index (χ1n) is 15.3. The van der Waals surface area contributed by atoms with Gasteiger partial charge >= 0.3 is 0 Å². The highest BCUT2D eigenvalue weighted by Crippen LogP contribution is 2.20. The molecule has 0 saturated heterocycles. The van der Waals surface area contributed by atoms with Gasteiger partial charge in [-0.25, -0.2) is 0 Å². The summed E-state index contributed by atoms with van der Waals surface area (Å²) in [6, 6.07) is 0. The van der Waals surface area contributed by atoms with Crippen LogP contribution in [0.25, 0.3) is 0 Å². The molecule has 0 saturated carbocycles. The second kappa shape index (κ2) is 36.4. The summed E-state index contributed by atoms with van der Waals surface area (Å²) in [7, 11) is 0. The van der Waals surface area contributed by atoms with Crippen LogP contribution in [0.5, 0.6) is 0 Å². The summed E-state index contributed by atoms with van der Waals surface area (Å²) in [6.45, 7) is 12.8. The molecule has 0 aromatic carbocycles. The van der Waals surface area contributed by atoms with E-state index in [0.29, 0.717) is 116 Å². The second-order valence-corrected chi connectivity index (χ2v) is 10.8. The predicted octanol–water partition coefficient (Wildman–Crippen LogP) is 2.92. The molecule has 4 unspecified atom stereocenters. The molecular formula is C29H58O11S4. The lowest BCUT2D eigenvalue weighted by atomic mass is 10.0. The molecular weight excluding hydrogens is 653 g/mol. The van der Waals surface area contributed by atoms with E-state index in [1.165, 1.54) is 6.26 Å². The maximum Gasteiger partial charge on any atom is 0.155 e. The monoisotopic (exact) mass is 710 g/mol. The third-order valence-electron chi connectivity index (χ3n) is 5.57. The maximum atomic E-state index is 6.40. The number of ether oxygens (including phenoxy) is 11. The van der Waals surface area contributed by atoms with Gasteiger partial charge in [0.05, 0.1) is 112 Å². The van der Waals surface area contributed by atoms with Crippen molar-refractivity contribution in [1.29, 1.82) is 0 Å². The van der Waals surface area contributed by atoms with E-state index in [4.69, 9.17) is 52.1 Å². The Morgan fingerprint density at radius 3 is 1.23 bits per heavy atom. The van der Waals surface area contributed by atoms with Crippen LogP contribution in [0.3, 0.4) is 0 Å². The molecule has 0 bridgehead atoms. The molecule has 0 fully saturated rings. The van der Waals surface area contributed by atoms with Crippen molar-refractivity contribution in [2.24, 2.45) is 0 Å². The minimum absolute atomic E-state index is 0.204. The normalized spacial score (nSPS) is 14.4. The fourth-order valence-electron chi connectivity index (χ4n) is 3.68. The zero-order chi connectivity index (χ0) is 32.4. The second-order valence-electron chi connectivity index (χ2n) is 9.03. The van der Waals surface area contributed by atoms with Crippen molar-refractivity contribution in [3.63, 3.8) is 0 Å². The molecule has 4 atom stereocenters. The fourth-order valence-corrected chi connectivity index (χ4v) is 4.20. The smallest absolute Gasteiger partial charge is 0.155 e. The quantitative estimate of drug-likeness (QED) is 0.0435. The highest BCUT2D eigenvalue weighted by atomic mass is 32.1. The van der Waals surface area contributed by atoms with Crippen molar-refractivity contribution < 1.29 is 52.1 Å². The predicted molar refractivity (Wildman–Crippen MR) is 186 cm³/mol. The van der Waals surface area contributed by atoms with Gasteiger partial charge in [-0.3, -0.25) is 0 Å². The van der Waals surface area contributed by atoms with E-state index in [9.17, 15) is 0 Å². The van der Waals surface area contributed by atoms with E-state index < -0.39 is 24.4 Å². The Bertz CT molecular complexity index is 587. The van der Waals surface area contributed by atoms with Gasteiger partial charge in [-0.1, -0.05) is 13.5 Å². The van der Waals surface area contributed by atoms with Crippen LogP contribution in [0.4, 0.5) is 0 Å². The largest absolute Gasteiger partial charge is 0.493 e. The zero-order valence-corrected chi connectivity index (χ0v) is 30.0. The molecule has 0 radical (unpaired) electrons. The SMILES string of the molecule is C=COC(C(COCCOCCS)OCCOCCS)C(OCCOCCS)C(COCCOCCS)OCCOCCC. The molecule has 44 heavy (non-hydrogen) atoms. The molecule has 0 heterocycles. The van der Waals surface area contributed by atoms with Crippen LogP contribution in [0.15, 0.2) is 12.8 Å². The molecule has 0 N–H and O–H groups in total. The Morgan fingerprint density at radius 2 is 0.818 bits per heavy atom. The lowest BCUT2D eigenvalue weighted by molar-refractivity contribution is -0.191. The number of thiol groups is 4. The molecule has 0 aliphatic heterocycles. The van der Waals surface area contributed by atoms with E-state index >= 15 is 0 Å². The number of rotatable bonds is 37. The van der Waals surface area contributed by atoms with Crippen LogP contribution in [-0.2, 0) is 52.1 Å². The average Bonchev–Trinajstić information content (AvgIpc) is 3.03. The van der Waals surface area contributed by atoms with Crippen molar-refractivity contribution in [3.05, 3.63) is 12.8 Å². The molecule has 0 aliphatic carbocycles. The standard InChI is InChI=1S/C29H58O11S4/c1-3-5-30-10-13-39-27(25-36-9-7-32-17-21-42)29(40-15-12-34-19-23-44)28(37-4-2)26(38-14-11-33-18-22-43)24-35-8-6-31-16-20-41/h4,26-29,41-44H,2-3,5-25H2,1H3. The highest BCUT2D eigenvalue weighted by Gasteiger charge is 2.39. The van der Waals surface area contributed by atoms with Crippen LogP contribution < -0.4 is 0 Å². The lowest BCUT2D eigenvalue weighted by Gasteiger charge is -2.37. The Labute approximate surface area is 287 Å². The van der Waals surface area contributed by atoms with Gasteiger partial charge < -0.3 is 52.1 Å². The van der Waals surface area contributed by atoms with Gasteiger partial charge in [-0.2, -0.15) is 50.5 Å².